The number of nitrogens with zero attached hydrogens (tertiary/aromatic N) is 1. The van der Waals surface area contributed by atoms with Gasteiger partial charge < -0.3 is 9.88 Å². The fourth-order valence-electron chi connectivity index (χ4n) is 2.18. The van der Waals surface area contributed by atoms with Gasteiger partial charge in [0.2, 0.25) is 10.0 Å². The summed E-state index contributed by atoms with van der Waals surface area (Å²) in [5, 5.41) is 7.78. The first kappa shape index (κ1) is 13.8. The van der Waals surface area contributed by atoms with E-state index in [2.05, 4.69) is 5.32 Å². The predicted octanol–water partition coefficient (Wildman–Crippen LogP) is 1.72. The third-order valence-corrected chi connectivity index (χ3v) is 4.32. The summed E-state index contributed by atoms with van der Waals surface area (Å²) in [6.45, 7) is 0. The number of sulfonamides is 1. The van der Waals surface area contributed by atoms with E-state index in [9.17, 15) is 13.2 Å². The maximum Gasteiger partial charge on any atom is 0.272 e. The van der Waals surface area contributed by atoms with Gasteiger partial charge in [-0.2, -0.15) is 0 Å². The van der Waals surface area contributed by atoms with Crippen LogP contribution in [0.1, 0.15) is 29.4 Å². The van der Waals surface area contributed by atoms with Gasteiger partial charge in [-0.05, 0) is 49.2 Å². The van der Waals surface area contributed by atoms with Crippen molar-refractivity contribution in [3.8, 4) is 0 Å². The average molecular weight is 305 g/mol. The number of hydrogen-bond acceptors (Lipinski definition) is 3. The summed E-state index contributed by atoms with van der Waals surface area (Å²) in [4.78, 5) is 12.3. The lowest BCUT2D eigenvalue weighted by molar-refractivity contribution is 0.101. The second-order valence-electron chi connectivity index (χ2n) is 5.06. The van der Waals surface area contributed by atoms with Gasteiger partial charge in [-0.15, -0.1) is 0 Å². The van der Waals surface area contributed by atoms with Crippen molar-refractivity contribution in [1.82, 2.24) is 4.57 Å². The molecule has 1 aromatic carbocycles. The number of hydrogen-bond donors (Lipinski definition) is 2. The number of rotatable bonds is 4. The first-order valence-corrected chi connectivity index (χ1v) is 8.11. The molecule has 0 saturated heterocycles. The molecule has 1 amide bonds. The topological polar surface area (TPSA) is 94.2 Å². The molecule has 0 atom stereocenters. The molecule has 1 fully saturated rings. The highest BCUT2D eigenvalue weighted by Crippen LogP contribution is 2.36. The molecule has 0 bridgehead atoms. The molecular formula is C14H15N3O3S. The number of amides is 1. The molecule has 2 aromatic rings. The number of carbonyl (C=O) groups is 1. The van der Waals surface area contributed by atoms with Crippen LogP contribution in [-0.4, -0.2) is 18.9 Å². The Labute approximate surface area is 122 Å². The van der Waals surface area contributed by atoms with E-state index >= 15 is 0 Å². The largest absolute Gasteiger partial charge is 0.340 e. The van der Waals surface area contributed by atoms with Crippen molar-refractivity contribution < 1.29 is 13.2 Å². The minimum atomic E-state index is -3.72. The maximum atomic E-state index is 12.2. The predicted molar refractivity (Wildman–Crippen MR) is 78.5 cm³/mol. The Bertz CT molecular complexity index is 774. The van der Waals surface area contributed by atoms with Gasteiger partial charge >= 0.3 is 0 Å². The van der Waals surface area contributed by atoms with Gasteiger partial charge in [0, 0.05) is 17.9 Å². The van der Waals surface area contributed by atoms with Crippen LogP contribution in [0, 0.1) is 0 Å². The van der Waals surface area contributed by atoms with E-state index in [1.807, 2.05) is 16.8 Å². The molecule has 21 heavy (non-hydrogen) atoms. The van der Waals surface area contributed by atoms with E-state index in [1.54, 1.807) is 6.07 Å². The number of nitrogens with one attached hydrogen (secondary N) is 1. The lowest BCUT2D eigenvalue weighted by atomic mass is 10.3. The molecule has 1 aliphatic carbocycles. The van der Waals surface area contributed by atoms with Crippen molar-refractivity contribution >= 4 is 21.6 Å². The Kier molecular flexibility index (Phi) is 3.30. The number of aromatic nitrogens is 1. The van der Waals surface area contributed by atoms with Gasteiger partial charge in [0.25, 0.3) is 5.91 Å². The normalized spacial score (nSPS) is 14.9. The molecule has 0 aliphatic heterocycles. The molecule has 0 spiro atoms. The number of anilines is 1. The Morgan fingerprint density at radius 1 is 1.19 bits per heavy atom. The quantitative estimate of drug-likeness (QED) is 0.900. The van der Waals surface area contributed by atoms with Crippen molar-refractivity contribution in [1.29, 1.82) is 0 Å². The molecule has 7 heteroatoms. The van der Waals surface area contributed by atoms with Crippen molar-refractivity contribution in [3.63, 3.8) is 0 Å². The van der Waals surface area contributed by atoms with Crippen LogP contribution in [0.4, 0.5) is 5.69 Å². The van der Waals surface area contributed by atoms with Gasteiger partial charge in [0.05, 0.1) is 4.90 Å². The summed E-state index contributed by atoms with van der Waals surface area (Å²) < 4.78 is 24.3. The fourth-order valence-corrected chi connectivity index (χ4v) is 2.70. The van der Waals surface area contributed by atoms with Crippen molar-refractivity contribution in [2.75, 3.05) is 5.32 Å². The van der Waals surface area contributed by atoms with Gasteiger partial charge in [0.1, 0.15) is 5.69 Å². The summed E-state index contributed by atoms with van der Waals surface area (Å²) in [5.41, 5.74) is 1.13. The molecule has 110 valence electrons. The fraction of sp³-hybridized carbons (Fsp3) is 0.214. The first-order valence-electron chi connectivity index (χ1n) is 6.56. The van der Waals surface area contributed by atoms with Crippen molar-refractivity contribution in [2.45, 2.75) is 23.8 Å². The van der Waals surface area contributed by atoms with Crippen LogP contribution >= 0.6 is 0 Å². The van der Waals surface area contributed by atoms with Crippen molar-refractivity contribution in [2.24, 2.45) is 5.14 Å². The smallest absolute Gasteiger partial charge is 0.272 e. The lowest BCUT2D eigenvalue weighted by Crippen LogP contribution is -2.16. The molecule has 0 unspecified atom stereocenters. The van der Waals surface area contributed by atoms with Crippen molar-refractivity contribution in [3.05, 3.63) is 48.3 Å². The van der Waals surface area contributed by atoms with Crippen LogP contribution < -0.4 is 10.5 Å². The zero-order valence-corrected chi connectivity index (χ0v) is 12.0. The molecule has 3 rings (SSSR count). The molecule has 1 saturated carbocycles. The Morgan fingerprint density at radius 3 is 2.43 bits per heavy atom. The molecule has 1 heterocycles. The maximum absolute atomic E-state index is 12.2. The SMILES string of the molecule is NS(=O)(=O)c1ccc(NC(=O)c2cccn2C2CC2)cc1. The number of benzene rings is 1. The van der Waals surface area contributed by atoms with Crippen LogP contribution in [0.15, 0.2) is 47.5 Å². The summed E-state index contributed by atoms with van der Waals surface area (Å²) in [5.74, 6) is -0.213. The minimum absolute atomic E-state index is 0.0156. The van der Waals surface area contributed by atoms with Crippen LogP contribution in [0.25, 0.3) is 0 Å². The minimum Gasteiger partial charge on any atom is -0.340 e. The Morgan fingerprint density at radius 2 is 1.86 bits per heavy atom. The molecule has 1 aliphatic rings. The van der Waals surface area contributed by atoms with Gasteiger partial charge in [-0.3, -0.25) is 4.79 Å². The number of primary sulfonamides is 1. The standard InChI is InChI=1S/C14H15N3O3S/c15-21(19,20)12-7-3-10(4-8-12)16-14(18)13-2-1-9-17(13)11-5-6-11/h1-4,7-9,11H,5-6H2,(H,16,18)(H2,15,19,20). The third kappa shape index (κ3) is 2.98. The highest BCUT2D eigenvalue weighted by Gasteiger charge is 2.26. The highest BCUT2D eigenvalue weighted by molar-refractivity contribution is 7.89. The van der Waals surface area contributed by atoms with Crippen LogP contribution in [0.2, 0.25) is 0 Å². The van der Waals surface area contributed by atoms with Gasteiger partial charge in [-0.25, -0.2) is 13.6 Å². The Hall–Kier alpha value is -2.12. The summed E-state index contributed by atoms with van der Waals surface area (Å²) in [6.07, 6.45) is 4.09. The molecule has 3 N–H and O–H groups in total. The van der Waals surface area contributed by atoms with E-state index in [0.29, 0.717) is 17.4 Å². The van der Waals surface area contributed by atoms with Gasteiger partial charge in [0.15, 0.2) is 0 Å². The van der Waals surface area contributed by atoms with E-state index in [1.165, 1.54) is 24.3 Å². The average Bonchev–Trinajstić information content (AvgIpc) is 3.15. The van der Waals surface area contributed by atoms with Crippen LogP contribution in [0.5, 0.6) is 0 Å². The molecular weight excluding hydrogens is 290 g/mol. The van der Waals surface area contributed by atoms with E-state index < -0.39 is 10.0 Å². The molecule has 0 radical (unpaired) electrons. The summed E-state index contributed by atoms with van der Waals surface area (Å²) in [7, 11) is -3.72. The number of carbonyl (C=O) groups excluding carboxylic acids is 1. The lowest BCUT2D eigenvalue weighted by Gasteiger charge is -2.09. The zero-order chi connectivity index (χ0) is 15.0. The zero-order valence-electron chi connectivity index (χ0n) is 11.2. The van der Waals surface area contributed by atoms with E-state index in [-0.39, 0.29) is 10.8 Å². The second kappa shape index (κ2) is 5.01. The third-order valence-electron chi connectivity index (χ3n) is 3.39. The van der Waals surface area contributed by atoms with Gasteiger partial charge in [-0.1, -0.05) is 0 Å². The highest BCUT2D eigenvalue weighted by atomic mass is 32.2. The van der Waals surface area contributed by atoms with E-state index in [4.69, 9.17) is 5.14 Å². The summed E-state index contributed by atoms with van der Waals surface area (Å²) in [6, 6.07) is 9.80. The molecule has 1 aromatic heterocycles. The second-order valence-corrected chi connectivity index (χ2v) is 6.62. The molecule has 6 nitrogen and oxygen atoms in total. The monoisotopic (exact) mass is 305 g/mol. The first-order chi connectivity index (χ1) is 9.95. The Balaban J connectivity index is 1.77. The summed E-state index contributed by atoms with van der Waals surface area (Å²) >= 11 is 0. The van der Waals surface area contributed by atoms with Crippen LogP contribution in [0.3, 0.4) is 0 Å². The van der Waals surface area contributed by atoms with E-state index in [0.717, 1.165) is 12.8 Å². The number of nitrogens with two attached hydrogens (primary N) is 1. The van der Waals surface area contributed by atoms with Crippen LogP contribution in [-0.2, 0) is 10.0 Å².